The zero-order valence-electron chi connectivity index (χ0n) is 10.5. The molecule has 5 nitrogen and oxygen atoms in total. The van der Waals surface area contributed by atoms with Gasteiger partial charge in [0.15, 0.2) is 5.82 Å². The Morgan fingerprint density at radius 3 is 2.63 bits per heavy atom. The molecule has 1 aromatic heterocycles. The third-order valence-electron chi connectivity index (χ3n) is 2.65. The predicted octanol–water partition coefficient (Wildman–Crippen LogP) is 2.71. The van der Waals surface area contributed by atoms with Gasteiger partial charge in [-0.25, -0.2) is 8.42 Å². The van der Waals surface area contributed by atoms with Gasteiger partial charge in [-0.3, -0.25) is 4.31 Å². The molecular weight excluding hydrogens is 332 g/mol. The average Bonchev–Trinajstić information content (AvgIpc) is 2.77. The lowest BCUT2D eigenvalue weighted by Crippen LogP contribution is -2.28. The Morgan fingerprint density at radius 2 is 2.05 bits per heavy atom. The summed E-state index contributed by atoms with van der Waals surface area (Å²) in [4.78, 5) is 0. The van der Waals surface area contributed by atoms with Crippen LogP contribution in [0.1, 0.15) is 11.3 Å². The summed E-state index contributed by atoms with van der Waals surface area (Å²) in [6, 6.07) is 8.80. The Hall–Kier alpha value is -1.34. The van der Waals surface area contributed by atoms with Crippen molar-refractivity contribution in [1.82, 2.24) is 5.16 Å². The van der Waals surface area contributed by atoms with Crippen LogP contribution in [0, 0.1) is 6.92 Å². The second-order valence-corrected chi connectivity index (χ2v) is 6.97. The van der Waals surface area contributed by atoms with Crippen LogP contribution in [-0.4, -0.2) is 20.6 Å². The van der Waals surface area contributed by atoms with E-state index in [1.807, 2.05) is 12.1 Å². The zero-order chi connectivity index (χ0) is 14.0. The van der Waals surface area contributed by atoms with Crippen molar-refractivity contribution in [1.29, 1.82) is 0 Å². The van der Waals surface area contributed by atoms with Crippen LogP contribution in [0.25, 0.3) is 0 Å². The Balaban J connectivity index is 2.26. The van der Waals surface area contributed by atoms with Crippen molar-refractivity contribution < 1.29 is 12.9 Å². The molecule has 0 radical (unpaired) electrons. The van der Waals surface area contributed by atoms with Gasteiger partial charge >= 0.3 is 0 Å². The molecule has 0 saturated heterocycles. The van der Waals surface area contributed by atoms with Crippen LogP contribution in [0.2, 0.25) is 0 Å². The number of aryl methyl sites for hydroxylation is 1. The van der Waals surface area contributed by atoms with E-state index in [0.29, 0.717) is 11.3 Å². The van der Waals surface area contributed by atoms with Gasteiger partial charge in [-0.15, -0.1) is 0 Å². The van der Waals surface area contributed by atoms with Crippen LogP contribution >= 0.6 is 15.9 Å². The Labute approximate surface area is 120 Å². The van der Waals surface area contributed by atoms with Crippen LogP contribution in [-0.2, 0) is 15.8 Å². The number of nitrogens with zero attached hydrogens (tertiary/aromatic N) is 2. The van der Waals surface area contributed by atoms with Crippen molar-refractivity contribution in [3.05, 3.63) is 46.1 Å². The third-order valence-corrected chi connectivity index (χ3v) is 5.12. The van der Waals surface area contributed by atoms with Gasteiger partial charge in [0.2, 0.25) is 10.0 Å². The summed E-state index contributed by atoms with van der Waals surface area (Å²) in [5.74, 6) is 0.749. The summed E-state index contributed by atoms with van der Waals surface area (Å²) in [6.07, 6.45) is 0. The molecule has 0 aliphatic carbocycles. The molecule has 7 heteroatoms. The molecule has 2 aromatic rings. The number of rotatable bonds is 4. The fourth-order valence-corrected chi connectivity index (χ4v) is 3.37. The van der Waals surface area contributed by atoms with Gasteiger partial charge in [0.05, 0.1) is 5.75 Å². The van der Waals surface area contributed by atoms with Crippen molar-refractivity contribution in [2.24, 2.45) is 0 Å². The quantitative estimate of drug-likeness (QED) is 0.855. The molecule has 0 unspecified atom stereocenters. The summed E-state index contributed by atoms with van der Waals surface area (Å²) >= 11 is 3.34. The topological polar surface area (TPSA) is 63.4 Å². The fourth-order valence-electron chi connectivity index (χ4n) is 1.55. The summed E-state index contributed by atoms with van der Waals surface area (Å²) in [7, 11) is -2.03. The molecule has 19 heavy (non-hydrogen) atoms. The second-order valence-electron chi connectivity index (χ2n) is 4.11. The molecule has 0 bridgehead atoms. The van der Waals surface area contributed by atoms with Crippen LogP contribution in [0.15, 0.2) is 39.3 Å². The standard InChI is InChI=1S/C12H13BrN2O3S/c1-9-7-12(14-18-9)15(2)19(16,17)8-10-5-3-4-6-11(10)13/h3-7H,8H2,1-2H3. The highest BCUT2D eigenvalue weighted by Gasteiger charge is 2.22. The lowest BCUT2D eigenvalue weighted by atomic mass is 10.2. The molecule has 1 heterocycles. The molecule has 0 fully saturated rings. The minimum Gasteiger partial charge on any atom is -0.360 e. The van der Waals surface area contributed by atoms with Gasteiger partial charge < -0.3 is 4.52 Å². The number of hydrogen-bond donors (Lipinski definition) is 0. The van der Waals surface area contributed by atoms with Crippen molar-refractivity contribution in [2.75, 3.05) is 11.4 Å². The number of halogens is 1. The molecule has 0 N–H and O–H groups in total. The largest absolute Gasteiger partial charge is 0.360 e. The van der Waals surface area contributed by atoms with E-state index in [-0.39, 0.29) is 11.6 Å². The van der Waals surface area contributed by atoms with Gasteiger partial charge in [-0.2, -0.15) is 0 Å². The highest BCUT2D eigenvalue weighted by atomic mass is 79.9. The maximum atomic E-state index is 12.3. The second kappa shape index (κ2) is 5.34. The van der Waals surface area contributed by atoms with E-state index in [4.69, 9.17) is 4.52 Å². The molecule has 0 saturated carbocycles. The highest BCUT2D eigenvalue weighted by Crippen LogP contribution is 2.22. The SMILES string of the molecule is Cc1cc(N(C)S(=O)(=O)Cc2ccccc2Br)no1. The van der Waals surface area contributed by atoms with E-state index in [1.165, 1.54) is 7.05 Å². The number of benzene rings is 1. The molecule has 0 aliphatic rings. The Morgan fingerprint density at radius 1 is 1.37 bits per heavy atom. The first-order chi connectivity index (χ1) is 8.90. The van der Waals surface area contributed by atoms with Crippen molar-refractivity contribution >= 4 is 31.8 Å². The number of anilines is 1. The van der Waals surface area contributed by atoms with Gasteiger partial charge in [-0.1, -0.05) is 39.3 Å². The summed E-state index contributed by atoms with van der Waals surface area (Å²) < 4.78 is 31.4. The maximum absolute atomic E-state index is 12.3. The van der Waals surface area contributed by atoms with Crippen LogP contribution < -0.4 is 4.31 Å². The lowest BCUT2D eigenvalue weighted by molar-refractivity contribution is 0.399. The molecule has 0 aliphatic heterocycles. The van der Waals surface area contributed by atoms with Crippen molar-refractivity contribution in [3.63, 3.8) is 0 Å². The van der Waals surface area contributed by atoms with E-state index in [2.05, 4.69) is 21.1 Å². The van der Waals surface area contributed by atoms with E-state index in [1.54, 1.807) is 25.1 Å². The van der Waals surface area contributed by atoms with E-state index in [9.17, 15) is 8.42 Å². The van der Waals surface area contributed by atoms with Gasteiger partial charge in [-0.05, 0) is 18.6 Å². The first-order valence-electron chi connectivity index (χ1n) is 5.53. The minimum atomic E-state index is -3.49. The maximum Gasteiger partial charge on any atom is 0.240 e. The summed E-state index contributed by atoms with van der Waals surface area (Å²) in [5, 5.41) is 3.71. The third kappa shape index (κ3) is 3.16. The van der Waals surface area contributed by atoms with Gasteiger partial charge in [0.1, 0.15) is 5.76 Å². The predicted molar refractivity (Wildman–Crippen MR) is 76.4 cm³/mol. The normalized spacial score (nSPS) is 11.5. The van der Waals surface area contributed by atoms with Crippen LogP contribution in [0.3, 0.4) is 0 Å². The monoisotopic (exact) mass is 344 g/mol. The van der Waals surface area contributed by atoms with E-state index in [0.717, 1.165) is 8.78 Å². The molecule has 0 spiro atoms. The summed E-state index contributed by atoms with van der Waals surface area (Å²) in [6.45, 7) is 1.71. The zero-order valence-corrected chi connectivity index (χ0v) is 12.9. The van der Waals surface area contributed by atoms with Gasteiger partial charge in [0.25, 0.3) is 0 Å². The first-order valence-corrected chi connectivity index (χ1v) is 7.94. The van der Waals surface area contributed by atoms with E-state index < -0.39 is 10.0 Å². The molecule has 0 atom stereocenters. The Kier molecular flexibility index (Phi) is 3.96. The number of aromatic nitrogens is 1. The molecule has 2 rings (SSSR count). The Bertz CT molecular complexity index is 682. The number of sulfonamides is 1. The fraction of sp³-hybridized carbons (Fsp3) is 0.250. The van der Waals surface area contributed by atoms with Crippen LogP contribution in [0.4, 0.5) is 5.82 Å². The first kappa shape index (κ1) is 14.1. The minimum absolute atomic E-state index is 0.100. The smallest absolute Gasteiger partial charge is 0.240 e. The number of hydrogen-bond acceptors (Lipinski definition) is 4. The molecule has 1 aromatic carbocycles. The lowest BCUT2D eigenvalue weighted by Gasteiger charge is -2.16. The van der Waals surface area contributed by atoms with Crippen molar-refractivity contribution in [2.45, 2.75) is 12.7 Å². The van der Waals surface area contributed by atoms with Crippen LogP contribution in [0.5, 0.6) is 0 Å². The molecule has 102 valence electrons. The molecular formula is C12H13BrN2O3S. The van der Waals surface area contributed by atoms with E-state index >= 15 is 0 Å². The average molecular weight is 345 g/mol. The highest BCUT2D eigenvalue weighted by molar-refractivity contribution is 9.10. The summed E-state index contributed by atoms with van der Waals surface area (Å²) in [5.41, 5.74) is 0.703. The molecule has 0 amide bonds. The van der Waals surface area contributed by atoms with Crippen molar-refractivity contribution in [3.8, 4) is 0 Å². The van der Waals surface area contributed by atoms with Gasteiger partial charge in [0, 0.05) is 17.6 Å².